The summed E-state index contributed by atoms with van der Waals surface area (Å²) in [6.07, 6.45) is 15.4. The Labute approximate surface area is 181 Å². The van der Waals surface area contributed by atoms with Crippen LogP contribution in [-0.4, -0.2) is 22.5 Å². The number of hydrogen-bond donors (Lipinski definition) is 3. The highest BCUT2D eigenvalue weighted by Crippen LogP contribution is 2.35. The molecule has 2 amide bonds. The Kier molecular flexibility index (Phi) is 8.39. The maximum atomic E-state index is 12.6. The SMILES string of the molecule is N#CC1(N=NC2(NC(=O)NNS(=S)C3CCCCC3)CCCCC2)CCCCC1. The number of azo groups is 1. The maximum Gasteiger partial charge on any atom is 0.331 e. The van der Waals surface area contributed by atoms with E-state index in [1.54, 1.807) is 0 Å². The molecule has 3 aliphatic carbocycles. The summed E-state index contributed by atoms with van der Waals surface area (Å²) in [5.74, 6) is 0. The van der Waals surface area contributed by atoms with Crippen molar-refractivity contribution >= 4 is 26.9 Å². The Morgan fingerprint density at radius 1 is 0.931 bits per heavy atom. The van der Waals surface area contributed by atoms with Gasteiger partial charge in [0, 0.05) is 5.25 Å². The predicted molar refractivity (Wildman–Crippen MR) is 119 cm³/mol. The molecule has 3 aliphatic rings. The molecule has 29 heavy (non-hydrogen) atoms. The van der Waals surface area contributed by atoms with Crippen molar-refractivity contribution in [3.63, 3.8) is 0 Å². The molecule has 0 radical (unpaired) electrons. The van der Waals surface area contributed by atoms with Gasteiger partial charge in [0.2, 0.25) is 0 Å². The lowest BCUT2D eigenvalue weighted by Gasteiger charge is -2.35. The highest BCUT2D eigenvalue weighted by atomic mass is 32.8. The third-order valence-electron chi connectivity index (χ3n) is 6.47. The minimum atomic E-state index is -0.715. The van der Waals surface area contributed by atoms with Crippen LogP contribution in [0.2, 0.25) is 0 Å². The quantitative estimate of drug-likeness (QED) is 0.421. The highest BCUT2D eigenvalue weighted by molar-refractivity contribution is 8.28. The van der Waals surface area contributed by atoms with Gasteiger partial charge in [0.05, 0.1) is 6.07 Å². The zero-order valence-electron chi connectivity index (χ0n) is 17.3. The number of carbonyl (C=O) groups is 1. The van der Waals surface area contributed by atoms with E-state index in [9.17, 15) is 10.1 Å². The Balaban J connectivity index is 1.59. The molecule has 3 N–H and O–H groups in total. The van der Waals surface area contributed by atoms with E-state index in [1.165, 1.54) is 19.3 Å². The third kappa shape index (κ3) is 6.43. The maximum absolute atomic E-state index is 12.6. The lowest BCUT2D eigenvalue weighted by Crippen LogP contribution is -2.55. The fourth-order valence-corrected chi connectivity index (χ4v) is 6.47. The van der Waals surface area contributed by atoms with Gasteiger partial charge < -0.3 is 5.32 Å². The van der Waals surface area contributed by atoms with E-state index in [4.69, 9.17) is 11.2 Å². The van der Waals surface area contributed by atoms with E-state index < -0.39 is 20.8 Å². The Hall–Kier alpha value is -1.11. The van der Waals surface area contributed by atoms with E-state index in [2.05, 4.69) is 31.9 Å². The number of amides is 2. The van der Waals surface area contributed by atoms with Crippen LogP contribution >= 0.6 is 0 Å². The molecule has 162 valence electrons. The zero-order valence-corrected chi connectivity index (χ0v) is 18.9. The van der Waals surface area contributed by atoms with Crippen LogP contribution in [0.5, 0.6) is 0 Å². The zero-order chi connectivity index (χ0) is 20.6. The summed E-state index contributed by atoms with van der Waals surface area (Å²) in [5, 5.41) is 22.3. The third-order valence-corrected chi connectivity index (χ3v) is 8.92. The molecule has 0 aromatic heterocycles. The summed E-state index contributed by atoms with van der Waals surface area (Å²) in [5.41, 5.74) is 1.33. The summed E-state index contributed by atoms with van der Waals surface area (Å²) in [6.45, 7) is 0. The average molecular weight is 439 g/mol. The lowest BCUT2D eigenvalue weighted by molar-refractivity contribution is 0.196. The van der Waals surface area contributed by atoms with E-state index in [1.807, 2.05) is 0 Å². The second-order valence-corrected chi connectivity index (χ2v) is 11.3. The van der Waals surface area contributed by atoms with Crippen molar-refractivity contribution in [2.75, 3.05) is 0 Å². The van der Waals surface area contributed by atoms with E-state index in [0.717, 1.165) is 77.0 Å². The fourth-order valence-electron chi connectivity index (χ4n) is 4.65. The molecule has 9 heteroatoms. The van der Waals surface area contributed by atoms with Gasteiger partial charge in [0.1, 0.15) is 0 Å². The van der Waals surface area contributed by atoms with Crippen LogP contribution < -0.4 is 15.6 Å². The van der Waals surface area contributed by atoms with Gasteiger partial charge in [-0.05, 0) is 85.0 Å². The van der Waals surface area contributed by atoms with Gasteiger partial charge >= 0.3 is 6.03 Å². The molecule has 0 spiro atoms. The topological polar surface area (TPSA) is 102 Å². The van der Waals surface area contributed by atoms with Crippen molar-refractivity contribution in [2.24, 2.45) is 10.2 Å². The highest BCUT2D eigenvalue weighted by Gasteiger charge is 2.37. The molecule has 7 nitrogen and oxygen atoms in total. The lowest BCUT2D eigenvalue weighted by atomic mass is 9.83. The first kappa shape index (κ1) is 22.6. The molecule has 0 aliphatic heterocycles. The normalized spacial score (nSPS) is 25.8. The minimum absolute atomic E-state index is 0.307. The Morgan fingerprint density at radius 3 is 2.14 bits per heavy atom. The number of nitriles is 1. The van der Waals surface area contributed by atoms with Gasteiger partial charge in [-0.3, -0.25) is 5.43 Å². The second-order valence-electron chi connectivity index (χ2n) is 8.73. The number of hydrogen-bond acceptors (Lipinski definition) is 5. The number of nitrogens with one attached hydrogen (secondary N) is 3. The fraction of sp³-hybridized carbons (Fsp3) is 0.900. The molecular formula is C20H34N6OS2. The van der Waals surface area contributed by atoms with Crippen molar-refractivity contribution in [3.05, 3.63) is 0 Å². The number of carbonyl (C=O) groups excluding carboxylic acids is 1. The van der Waals surface area contributed by atoms with Crippen LogP contribution in [0.15, 0.2) is 10.2 Å². The molecule has 3 rings (SSSR count). The minimum Gasteiger partial charge on any atom is -0.311 e. The van der Waals surface area contributed by atoms with Crippen LogP contribution in [0, 0.1) is 11.3 Å². The van der Waals surface area contributed by atoms with Gasteiger partial charge in [-0.15, -0.1) is 0 Å². The average Bonchev–Trinajstić information content (AvgIpc) is 2.78. The predicted octanol–water partition coefficient (Wildman–Crippen LogP) is 4.46. The van der Waals surface area contributed by atoms with Crippen molar-refractivity contribution in [2.45, 2.75) is 113 Å². The smallest absolute Gasteiger partial charge is 0.311 e. The van der Waals surface area contributed by atoms with Crippen LogP contribution in [0.4, 0.5) is 4.79 Å². The Bertz CT molecular complexity index is 644. The number of nitrogens with zero attached hydrogens (tertiary/aromatic N) is 3. The molecule has 1 atom stereocenters. The first-order chi connectivity index (χ1) is 14.1. The summed E-state index contributed by atoms with van der Waals surface area (Å²) < 4.78 is 0. The van der Waals surface area contributed by atoms with Crippen LogP contribution in [0.3, 0.4) is 0 Å². The van der Waals surface area contributed by atoms with Crippen molar-refractivity contribution < 1.29 is 4.79 Å². The van der Waals surface area contributed by atoms with Crippen molar-refractivity contribution in [1.82, 2.24) is 15.6 Å². The number of urea groups is 1. The molecular weight excluding hydrogens is 404 g/mol. The molecule has 3 saturated carbocycles. The van der Waals surface area contributed by atoms with Crippen molar-refractivity contribution in [1.29, 1.82) is 5.26 Å². The van der Waals surface area contributed by atoms with Gasteiger partial charge in [-0.2, -0.15) is 20.3 Å². The number of hydrazine groups is 1. The van der Waals surface area contributed by atoms with Crippen LogP contribution in [0.25, 0.3) is 0 Å². The second kappa shape index (κ2) is 10.8. The van der Waals surface area contributed by atoms with Gasteiger partial charge in [0.15, 0.2) is 11.2 Å². The molecule has 3 fully saturated rings. The molecule has 0 heterocycles. The first-order valence-corrected chi connectivity index (χ1v) is 13.4. The van der Waals surface area contributed by atoms with E-state index in [0.29, 0.717) is 5.25 Å². The number of rotatable bonds is 6. The van der Waals surface area contributed by atoms with E-state index >= 15 is 0 Å². The summed E-state index contributed by atoms with van der Waals surface area (Å²) in [7, 11) is -0.449. The largest absolute Gasteiger partial charge is 0.331 e. The molecule has 0 saturated heterocycles. The molecule has 0 aromatic carbocycles. The summed E-state index contributed by atoms with van der Waals surface area (Å²) in [4.78, 5) is 15.6. The van der Waals surface area contributed by atoms with Crippen molar-refractivity contribution in [3.8, 4) is 6.07 Å². The summed E-state index contributed by atoms with van der Waals surface area (Å²) in [6, 6.07) is 2.08. The standard InChI is InChI=1S/C20H34N6OS2/c21-16-19(12-6-2-7-13-19)24-25-20(14-8-3-9-15-20)22-18(27)23-26-29(28)17-10-4-1-5-11-17/h17,26H,1-15H2,(H2,22,23,27). The monoisotopic (exact) mass is 438 g/mol. The molecule has 1 unspecified atom stereocenters. The van der Waals surface area contributed by atoms with Gasteiger partial charge in [-0.1, -0.05) is 32.1 Å². The van der Waals surface area contributed by atoms with Crippen LogP contribution in [-0.2, 0) is 20.8 Å². The van der Waals surface area contributed by atoms with Crippen LogP contribution in [0.1, 0.15) is 96.3 Å². The summed E-state index contributed by atoms with van der Waals surface area (Å²) >= 11 is 5.57. The molecule has 0 aromatic rings. The van der Waals surface area contributed by atoms with Gasteiger partial charge in [0.25, 0.3) is 0 Å². The molecule has 0 bridgehead atoms. The van der Waals surface area contributed by atoms with E-state index in [-0.39, 0.29) is 6.03 Å². The van der Waals surface area contributed by atoms with Gasteiger partial charge in [-0.25, -0.2) is 4.79 Å². The Morgan fingerprint density at radius 2 is 1.52 bits per heavy atom. The first-order valence-electron chi connectivity index (χ1n) is 11.2.